The molecule has 30 heavy (non-hydrogen) atoms. The summed E-state index contributed by atoms with van der Waals surface area (Å²) in [7, 11) is 0. The average molecular weight is 428 g/mol. The van der Waals surface area contributed by atoms with Crippen molar-refractivity contribution in [3.8, 4) is 0 Å². The van der Waals surface area contributed by atoms with Gasteiger partial charge >= 0.3 is 0 Å². The Morgan fingerprint density at radius 2 is 1.37 bits per heavy atom. The van der Waals surface area contributed by atoms with Crippen LogP contribution in [0.2, 0.25) is 0 Å². The minimum Gasteiger partial charge on any atom is -0.371 e. The number of amides is 1. The molecule has 3 nitrogen and oxygen atoms in total. The Morgan fingerprint density at radius 1 is 0.867 bits per heavy atom. The maximum Gasteiger partial charge on any atom is 0.261 e. The molecular weight excluding hydrogens is 403 g/mol. The van der Waals surface area contributed by atoms with Gasteiger partial charge in [0.1, 0.15) is 5.56 Å². The Labute approximate surface area is 172 Å². The van der Waals surface area contributed by atoms with Gasteiger partial charge in [-0.05, 0) is 37.5 Å². The van der Waals surface area contributed by atoms with Gasteiger partial charge in [0.25, 0.3) is 5.91 Å². The molecule has 0 unspecified atom stereocenters. The molecule has 0 aliphatic heterocycles. The monoisotopic (exact) mass is 428 g/mol. The van der Waals surface area contributed by atoms with Crippen molar-refractivity contribution < 1.29 is 26.7 Å². The zero-order valence-corrected chi connectivity index (χ0v) is 17.2. The Kier molecular flexibility index (Phi) is 8.20. The molecule has 1 amide bonds. The van der Waals surface area contributed by atoms with E-state index < -0.39 is 40.6 Å². The van der Waals surface area contributed by atoms with E-state index in [2.05, 4.69) is 24.1 Å². The molecular formula is C22H25F5N2O. The number of benzene rings is 2. The van der Waals surface area contributed by atoms with Gasteiger partial charge in [-0.1, -0.05) is 32.8 Å². The van der Waals surface area contributed by atoms with Gasteiger partial charge in [-0.3, -0.25) is 4.79 Å². The normalized spacial score (nSPS) is 10.9. The molecule has 2 aromatic rings. The fourth-order valence-electron chi connectivity index (χ4n) is 3.00. The van der Waals surface area contributed by atoms with Crippen LogP contribution < -0.4 is 10.2 Å². The van der Waals surface area contributed by atoms with Gasteiger partial charge < -0.3 is 10.2 Å². The molecule has 0 saturated carbocycles. The van der Waals surface area contributed by atoms with E-state index in [4.69, 9.17) is 0 Å². The third-order valence-corrected chi connectivity index (χ3v) is 4.83. The Morgan fingerprint density at radius 3 is 1.87 bits per heavy atom. The van der Waals surface area contributed by atoms with E-state index in [0.29, 0.717) is 5.56 Å². The van der Waals surface area contributed by atoms with Gasteiger partial charge in [-0.15, -0.1) is 0 Å². The lowest BCUT2D eigenvalue weighted by Crippen LogP contribution is -2.26. The summed E-state index contributed by atoms with van der Waals surface area (Å²) in [6.45, 7) is 7.40. The standard InChI is InChI=1S/C22H25F5N2O/c1-4-6-10-29(11-7-5-2)14-9-8-13(3)15(12-14)28-22(30)16-17(23)19(25)21(27)20(26)18(16)24/h8-9,12H,4-7,10-11H2,1-3H3,(H,28,30). The maximum absolute atomic E-state index is 14.0. The van der Waals surface area contributed by atoms with Crippen molar-refractivity contribution >= 4 is 17.3 Å². The first-order valence-electron chi connectivity index (χ1n) is 9.91. The zero-order chi connectivity index (χ0) is 22.4. The van der Waals surface area contributed by atoms with Crippen molar-refractivity contribution in [1.29, 1.82) is 0 Å². The van der Waals surface area contributed by atoms with Gasteiger partial charge in [0, 0.05) is 24.5 Å². The number of nitrogens with one attached hydrogen (secondary N) is 1. The highest BCUT2D eigenvalue weighted by atomic mass is 19.2. The number of aryl methyl sites for hydroxylation is 1. The van der Waals surface area contributed by atoms with Gasteiger partial charge in [-0.2, -0.15) is 0 Å². The molecule has 164 valence electrons. The average Bonchev–Trinajstić information content (AvgIpc) is 2.73. The molecule has 0 aromatic heterocycles. The fraction of sp³-hybridized carbons (Fsp3) is 0.409. The molecule has 0 atom stereocenters. The highest BCUT2D eigenvalue weighted by molar-refractivity contribution is 6.05. The predicted molar refractivity (Wildman–Crippen MR) is 107 cm³/mol. The lowest BCUT2D eigenvalue weighted by Gasteiger charge is -2.26. The SMILES string of the molecule is CCCCN(CCCC)c1ccc(C)c(NC(=O)c2c(F)c(F)c(F)c(F)c2F)c1. The third kappa shape index (κ3) is 5.09. The van der Waals surface area contributed by atoms with Crippen molar-refractivity contribution in [2.24, 2.45) is 0 Å². The highest BCUT2D eigenvalue weighted by Crippen LogP contribution is 2.27. The highest BCUT2D eigenvalue weighted by Gasteiger charge is 2.30. The summed E-state index contributed by atoms with van der Waals surface area (Å²) in [5.74, 6) is -12.3. The Balaban J connectivity index is 2.37. The smallest absolute Gasteiger partial charge is 0.261 e. The lowest BCUT2D eigenvalue weighted by molar-refractivity contribution is 0.101. The second-order valence-corrected chi connectivity index (χ2v) is 7.09. The number of nitrogens with zero attached hydrogens (tertiary/aromatic N) is 1. The first-order chi connectivity index (χ1) is 14.2. The van der Waals surface area contributed by atoms with Crippen LogP contribution >= 0.6 is 0 Å². The molecule has 0 bridgehead atoms. The number of anilines is 2. The van der Waals surface area contributed by atoms with Crippen LogP contribution in [0.25, 0.3) is 0 Å². The van der Waals surface area contributed by atoms with Crippen molar-refractivity contribution in [3.63, 3.8) is 0 Å². The van der Waals surface area contributed by atoms with Gasteiger partial charge in [0.05, 0.1) is 0 Å². The molecule has 0 saturated heterocycles. The first kappa shape index (κ1) is 23.6. The van der Waals surface area contributed by atoms with E-state index in [0.717, 1.165) is 44.5 Å². The summed E-state index contributed by atoms with van der Waals surface area (Å²) in [5.41, 5.74) is 0.113. The van der Waals surface area contributed by atoms with Crippen LogP contribution in [-0.2, 0) is 0 Å². The quantitative estimate of drug-likeness (QED) is 0.287. The number of unbranched alkanes of at least 4 members (excludes halogenated alkanes) is 2. The Bertz CT molecular complexity index is 880. The zero-order valence-electron chi connectivity index (χ0n) is 17.2. The van der Waals surface area contributed by atoms with Crippen LogP contribution in [0.4, 0.5) is 33.3 Å². The van der Waals surface area contributed by atoms with E-state index in [1.54, 1.807) is 19.1 Å². The second-order valence-electron chi connectivity index (χ2n) is 7.09. The number of halogens is 5. The summed E-state index contributed by atoms with van der Waals surface area (Å²) in [6.07, 6.45) is 3.92. The van der Waals surface area contributed by atoms with Crippen LogP contribution in [0.15, 0.2) is 18.2 Å². The largest absolute Gasteiger partial charge is 0.371 e. The minimum atomic E-state index is -2.30. The minimum absolute atomic E-state index is 0.236. The van der Waals surface area contributed by atoms with Crippen molar-refractivity contribution in [2.75, 3.05) is 23.3 Å². The molecule has 0 fully saturated rings. The maximum atomic E-state index is 14.0. The van der Waals surface area contributed by atoms with E-state index in [1.165, 1.54) is 0 Å². The number of hydrogen-bond donors (Lipinski definition) is 1. The number of rotatable bonds is 9. The summed E-state index contributed by atoms with van der Waals surface area (Å²) < 4.78 is 68.0. The van der Waals surface area contributed by atoms with Crippen LogP contribution in [0.5, 0.6) is 0 Å². The predicted octanol–water partition coefficient (Wildman–Crippen LogP) is 6.35. The summed E-state index contributed by atoms with van der Waals surface area (Å²) in [5, 5.41) is 2.29. The van der Waals surface area contributed by atoms with Crippen molar-refractivity contribution in [1.82, 2.24) is 0 Å². The van der Waals surface area contributed by atoms with E-state index >= 15 is 0 Å². The molecule has 0 heterocycles. The fourth-order valence-corrected chi connectivity index (χ4v) is 3.00. The summed E-state index contributed by atoms with van der Waals surface area (Å²) in [6, 6.07) is 5.24. The van der Waals surface area contributed by atoms with Crippen molar-refractivity contribution in [2.45, 2.75) is 46.5 Å². The number of hydrogen-bond acceptors (Lipinski definition) is 2. The number of carbonyl (C=O) groups is 1. The Hall–Kier alpha value is -2.64. The molecule has 0 radical (unpaired) electrons. The molecule has 2 rings (SSSR count). The molecule has 2 aromatic carbocycles. The molecule has 1 N–H and O–H groups in total. The number of carbonyl (C=O) groups excluding carboxylic acids is 1. The van der Waals surface area contributed by atoms with Gasteiger partial charge in [-0.25, -0.2) is 22.0 Å². The van der Waals surface area contributed by atoms with E-state index in [1.807, 2.05) is 6.07 Å². The van der Waals surface area contributed by atoms with Crippen LogP contribution in [0, 0.1) is 36.0 Å². The van der Waals surface area contributed by atoms with E-state index in [9.17, 15) is 26.7 Å². The van der Waals surface area contributed by atoms with Crippen LogP contribution in [0.1, 0.15) is 55.5 Å². The summed E-state index contributed by atoms with van der Waals surface area (Å²) in [4.78, 5) is 14.5. The molecule has 0 spiro atoms. The molecule has 0 aliphatic carbocycles. The molecule has 8 heteroatoms. The first-order valence-corrected chi connectivity index (χ1v) is 9.91. The topological polar surface area (TPSA) is 32.3 Å². The van der Waals surface area contributed by atoms with Crippen LogP contribution in [0.3, 0.4) is 0 Å². The third-order valence-electron chi connectivity index (χ3n) is 4.83. The van der Waals surface area contributed by atoms with Gasteiger partial charge in [0.15, 0.2) is 23.3 Å². The molecule has 0 aliphatic rings. The second kappa shape index (κ2) is 10.4. The van der Waals surface area contributed by atoms with E-state index in [-0.39, 0.29) is 5.69 Å². The lowest BCUT2D eigenvalue weighted by atomic mass is 10.1. The van der Waals surface area contributed by atoms with Crippen molar-refractivity contribution in [3.05, 3.63) is 58.4 Å². The van der Waals surface area contributed by atoms with Crippen LogP contribution in [-0.4, -0.2) is 19.0 Å². The summed E-state index contributed by atoms with van der Waals surface area (Å²) >= 11 is 0. The van der Waals surface area contributed by atoms with Gasteiger partial charge in [0.2, 0.25) is 5.82 Å².